The van der Waals surface area contributed by atoms with E-state index in [9.17, 15) is 9.59 Å². The highest BCUT2D eigenvalue weighted by Crippen LogP contribution is 2.17. The van der Waals surface area contributed by atoms with Gasteiger partial charge in [0.25, 0.3) is 0 Å². The Labute approximate surface area is 122 Å². The smallest absolute Gasteiger partial charge is 0.349 e. The number of hydrogen-bond acceptors (Lipinski definition) is 4. The number of nitrogens with one attached hydrogen (secondary N) is 1. The van der Waals surface area contributed by atoms with Gasteiger partial charge in [-0.05, 0) is 24.3 Å². The van der Waals surface area contributed by atoms with Crippen LogP contribution in [0.15, 0.2) is 54.6 Å². The van der Waals surface area contributed by atoms with Crippen LogP contribution in [0.2, 0.25) is 0 Å². The largest absolute Gasteiger partial charge is 0.482 e. The molecule has 0 saturated heterocycles. The summed E-state index contributed by atoms with van der Waals surface area (Å²) in [5.41, 5.74) is 0.566. The minimum absolute atomic E-state index is 0.186. The van der Waals surface area contributed by atoms with Crippen LogP contribution in [0.5, 0.6) is 11.5 Å². The van der Waals surface area contributed by atoms with E-state index in [1.807, 2.05) is 18.2 Å². The molecule has 0 atom stereocenters. The molecule has 0 radical (unpaired) electrons. The van der Waals surface area contributed by atoms with Crippen LogP contribution in [0.25, 0.3) is 0 Å². The first-order chi connectivity index (χ1) is 10.1. The summed E-state index contributed by atoms with van der Waals surface area (Å²) >= 11 is 0. The monoisotopic (exact) mass is 285 g/mol. The molecule has 0 bridgehead atoms. The molecule has 108 valence electrons. The lowest BCUT2D eigenvalue weighted by atomic mass is 10.3. The van der Waals surface area contributed by atoms with Gasteiger partial charge in [0.1, 0.15) is 11.5 Å². The second kappa shape index (κ2) is 7.09. The van der Waals surface area contributed by atoms with Crippen molar-refractivity contribution in [3.05, 3.63) is 54.6 Å². The first-order valence-electron chi connectivity index (χ1n) is 6.39. The molecule has 5 heteroatoms. The van der Waals surface area contributed by atoms with Crippen molar-refractivity contribution in [1.29, 1.82) is 0 Å². The fraction of sp³-hybridized carbons (Fsp3) is 0.125. The maximum atomic E-state index is 11.7. The second-order valence-corrected chi connectivity index (χ2v) is 4.28. The lowest BCUT2D eigenvalue weighted by Crippen LogP contribution is -2.17. The highest BCUT2D eigenvalue weighted by Gasteiger charge is 2.07. The summed E-state index contributed by atoms with van der Waals surface area (Å²) in [5, 5.41) is 2.61. The van der Waals surface area contributed by atoms with Crippen LogP contribution in [0.3, 0.4) is 0 Å². The summed E-state index contributed by atoms with van der Waals surface area (Å²) in [5.74, 6) is 0.245. The van der Waals surface area contributed by atoms with E-state index in [0.717, 1.165) is 0 Å². The van der Waals surface area contributed by atoms with E-state index in [1.54, 1.807) is 36.4 Å². The van der Waals surface area contributed by atoms with Crippen molar-refractivity contribution in [2.24, 2.45) is 0 Å². The van der Waals surface area contributed by atoms with E-state index < -0.39 is 5.97 Å². The summed E-state index contributed by atoms with van der Waals surface area (Å²) in [6.45, 7) is 1.22. The first-order valence-corrected chi connectivity index (χ1v) is 6.39. The lowest BCUT2D eigenvalue weighted by Gasteiger charge is -2.08. The van der Waals surface area contributed by atoms with Crippen LogP contribution in [-0.4, -0.2) is 18.5 Å². The maximum absolute atomic E-state index is 11.7. The van der Waals surface area contributed by atoms with Crippen LogP contribution in [-0.2, 0) is 9.59 Å². The minimum atomic E-state index is -0.515. The standard InChI is InChI=1S/C16H15NO4/c1-12(18)17-13-6-5-9-15(10-13)21-16(19)11-20-14-7-3-2-4-8-14/h2-10H,11H2,1H3,(H,17,18). The molecule has 0 saturated carbocycles. The lowest BCUT2D eigenvalue weighted by molar-refractivity contribution is -0.136. The van der Waals surface area contributed by atoms with Gasteiger partial charge in [-0.1, -0.05) is 24.3 Å². The van der Waals surface area contributed by atoms with Crippen molar-refractivity contribution in [3.8, 4) is 11.5 Å². The number of hydrogen-bond donors (Lipinski definition) is 1. The molecule has 1 N–H and O–H groups in total. The molecule has 0 aromatic heterocycles. The van der Waals surface area contributed by atoms with Crippen molar-refractivity contribution < 1.29 is 19.1 Å². The molecule has 2 aromatic carbocycles. The van der Waals surface area contributed by atoms with Crippen LogP contribution in [0.1, 0.15) is 6.92 Å². The quantitative estimate of drug-likeness (QED) is 0.677. The van der Waals surface area contributed by atoms with Gasteiger partial charge in [-0.25, -0.2) is 4.79 Å². The van der Waals surface area contributed by atoms with Gasteiger partial charge in [0, 0.05) is 18.7 Å². The van der Waals surface area contributed by atoms with Crippen molar-refractivity contribution in [3.63, 3.8) is 0 Å². The Morgan fingerprint density at radius 3 is 2.43 bits per heavy atom. The third-order valence-corrected chi connectivity index (χ3v) is 2.49. The summed E-state index contributed by atoms with van der Waals surface area (Å²) in [6, 6.07) is 15.6. The molecule has 0 aliphatic heterocycles. The third kappa shape index (κ3) is 4.99. The van der Waals surface area contributed by atoms with Crippen molar-refractivity contribution >= 4 is 17.6 Å². The fourth-order valence-electron chi connectivity index (χ4n) is 1.66. The minimum Gasteiger partial charge on any atom is -0.482 e. The van der Waals surface area contributed by atoms with Crippen LogP contribution < -0.4 is 14.8 Å². The highest BCUT2D eigenvalue weighted by atomic mass is 16.6. The predicted octanol–water partition coefficient (Wildman–Crippen LogP) is 2.63. The second-order valence-electron chi connectivity index (χ2n) is 4.28. The molecular formula is C16H15NO4. The van der Waals surface area contributed by atoms with Gasteiger partial charge in [0.2, 0.25) is 5.91 Å². The molecule has 2 aromatic rings. The topological polar surface area (TPSA) is 64.6 Å². The van der Waals surface area contributed by atoms with Crippen molar-refractivity contribution in [1.82, 2.24) is 0 Å². The van der Waals surface area contributed by atoms with E-state index in [1.165, 1.54) is 6.92 Å². The maximum Gasteiger partial charge on any atom is 0.349 e. The predicted molar refractivity (Wildman–Crippen MR) is 78.3 cm³/mol. The van der Waals surface area contributed by atoms with Crippen LogP contribution in [0.4, 0.5) is 5.69 Å². The van der Waals surface area contributed by atoms with Gasteiger partial charge in [-0.2, -0.15) is 0 Å². The average molecular weight is 285 g/mol. The summed E-state index contributed by atoms with van der Waals surface area (Å²) < 4.78 is 10.4. The van der Waals surface area contributed by atoms with Gasteiger partial charge in [-0.15, -0.1) is 0 Å². The number of ether oxygens (including phenoxy) is 2. The van der Waals surface area contributed by atoms with E-state index in [-0.39, 0.29) is 12.5 Å². The van der Waals surface area contributed by atoms with E-state index in [4.69, 9.17) is 9.47 Å². The molecule has 0 heterocycles. The number of rotatable bonds is 5. The zero-order valence-corrected chi connectivity index (χ0v) is 11.5. The molecule has 2 rings (SSSR count). The molecule has 0 aliphatic rings. The summed E-state index contributed by atoms with van der Waals surface area (Å²) in [4.78, 5) is 22.7. The fourth-order valence-corrected chi connectivity index (χ4v) is 1.66. The number of para-hydroxylation sites is 1. The van der Waals surface area contributed by atoms with E-state index in [0.29, 0.717) is 17.2 Å². The molecule has 0 aliphatic carbocycles. The summed E-state index contributed by atoms with van der Waals surface area (Å²) in [6.07, 6.45) is 0. The summed E-state index contributed by atoms with van der Waals surface area (Å²) in [7, 11) is 0. The number of carbonyl (C=O) groups excluding carboxylic acids is 2. The van der Waals surface area contributed by atoms with Gasteiger partial charge in [0.15, 0.2) is 6.61 Å². The van der Waals surface area contributed by atoms with Crippen LogP contribution in [0, 0.1) is 0 Å². The van der Waals surface area contributed by atoms with E-state index in [2.05, 4.69) is 5.32 Å². The molecule has 0 fully saturated rings. The molecule has 21 heavy (non-hydrogen) atoms. The normalized spacial score (nSPS) is 9.76. The Balaban J connectivity index is 1.89. The van der Waals surface area contributed by atoms with Crippen molar-refractivity contribution in [2.75, 3.05) is 11.9 Å². The van der Waals surface area contributed by atoms with Gasteiger partial charge in [0.05, 0.1) is 0 Å². The van der Waals surface area contributed by atoms with Gasteiger partial charge in [-0.3, -0.25) is 4.79 Å². The number of anilines is 1. The zero-order valence-electron chi connectivity index (χ0n) is 11.5. The number of esters is 1. The molecule has 5 nitrogen and oxygen atoms in total. The Bertz CT molecular complexity index is 625. The van der Waals surface area contributed by atoms with Gasteiger partial charge < -0.3 is 14.8 Å². The van der Waals surface area contributed by atoms with Gasteiger partial charge >= 0.3 is 5.97 Å². The molecule has 0 unspecified atom stereocenters. The number of amides is 1. The Morgan fingerprint density at radius 1 is 1.00 bits per heavy atom. The molecule has 1 amide bonds. The first kappa shape index (κ1) is 14.6. The Morgan fingerprint density at radius 2 is 1.71 bits per heavy atom. The van der Waals surface area contributed by atoms with Crippen molar-refractivity contribution in [2.45, 2.75) is 6.92 Å². The highest BCUT2D eigenvalue weighted by molar-refractivity contribution is 5.89. The number of carbonyl (C=O) groups is 2. The molecular weight excluding hydrogens is 270 g/mol. The SMILES string of the molecule is CC(=O)Nc1cccc(OC(=O)COc2ccccc2)c1. The van der Waals surface area contributed by atoms with E-state index >= 15 is 0 Å². The number of benzene rings is 2. The zero-order chi connectivity index (χ0) is 15.1. The molecule has 0 spiro atoms. The Hall–Kier alpha value is -2.82. The average Bonchev–Trinajstić information content (AvgIpc) is 2.46. The van der Waals surface area contributed by atoms with Crippen LogP contribution >= 0.6 is 0 Å². The Kier molecular flexibility index (Phi) is 4.93. The third-order valence-electron chi connectivity index (χ3n) is 2.49.